The van der Waals surface area contributed by atoms with Gasteiger partial charge in [-0.15, -0.1) is 0 Å². The SMILES string of the molecule is CN(C)C(=O)C1CCN(C(=O)c2cc([N+](=O)[O-])ccc2N2CCCCC2)CC1. The topological polar surface area (TPSA) is 87.0 Å². The minimum Gasteiger partial charge on any atom is -0.371 e. The fourth-order valence-electron chi connectivity index (χ4n) is 4.08. The summed E-state index contributed by atoms with van der Waals surface area (Å²) in [5, 5.41) is 11.2. The highest BCUT2D eigenvalue weighted by atomic mass is 16.6. The standard InChI is InChI=1S/C20H28N4O4/c1-21(2)19(25)15-8-12-23(13-9-15)20(26)17-14-16(24(27)28)6-7-18(17)22-10-4-3-5-11-22/h6-7,14-15H,3-5,8-13H2,1-2H3. The molecule has 2 amide bonds. The summed E-state index contributed by atoms with van der Waals surface area (Å²) in [7, 11) is 3.49. The molecule has 0 radical (unpaired) electrons. The van der Waals surface area contributed by atoms with Gasteiger partial charge in [0, 0.05) is 58.3 Å². The van der Waals surface area contributed by atoms with E-state index in [0.29, 0.717) is 31.5 Å². The van der Waals surface area contributed by atoms with Gasteiger partial charge in [0.1, 0.15) is 0 Å². The molecule has 1 aromatic rings. The van der Waals surface area contributed by atoms with Gasteiger partial charge >= 0.3 is 0 Å². The molecule has 2 aliphatic rings. The molecular formula is C20H28N4O4. The lowest BCUT2D eigenvalue weighted by atomic mass is 9.94. The van der Waals surface area contributed by atoms with E-state index in [1.807, 2.05) is 0 Å². The molecule has 0 unspecified atom stereocenters. The molecule has 0 saturated carbocycles. The molecule has 0 spiro atoms. The third kappa shape index (κ3) is 4.26. The zero-order valence-electron chi connectivity index (χ0n) is 16.6. The Hall–Kier alpha value is -2.64. The van der Waals surface area contributed by atoms with E-state index < -0.39 is 4.92 Å². The molecule has 28 heavy (non-hydrogen) atoms. The number of amides is 2. The van der Waals surface area contributed by atoms with E-state index in [4.69, 9.17) is 0 Å². The van der Waals surface area contributed by atoms with Crippen LogP contribution in [0.3, 0.4) is 0 Å². The molecule has 0 N–H and O–H groups in total. The zero-order valence-corrected chi connectivity index (χ0v) is 16.6. The van der Waals surface area contributed by atoms with Crippen LogP contribution < -0.4 is 4.90 Å². The van der Waals surface area contributed by atoms with Crippen LogP contribution >= 0.6 is 0 Å². The third-order valence-corrected chi connectivity index (χ3v) is 5.69. The number of anilines is 1. The second-order valence-electron chi connectivity index (χ2n) is 7.81. The molecule has 1 aromatic carbocycles. The van der Waals surface area contributed by atoms with Crippen molar-refractivity contribution >= 4 is 23.2 Å². The number of carbonyl (C=O) groups is 2. The highest BCUT2D eigenvalue weighted by Crippen LogP contribution is 2.30. The molecule has 2 aliphatic heterocycles. The van der Waals surface area contributed by atoms with E-state index in [2.05, 4.69) is 4.90 Å². The van der Waals surface area contributed by atoms with Gasteiger partial charge in [0.2, 0.25) is 5.91 Å². The number of nitrogens with zero attached hydrogens (tertiary/aromatic N) is 4. The molecule has 0 bridgehead atoms. The third-order valence-electron chi connectivity index (χ3n) is 5.69. The number of likely N-dealkylation sites (tertiary alicyclic amines) is 1. The van der Waals surface area contributed by atoms with Crippen molar-refractivity contribution in [1.29, 1.82) is 0 Å². The predicted octanol–water partition coefficient (Wildman–Crippen LogP) is 2.53. The maximum absolute atomic E-state index is 13.2. The number of hydrogen-bond acceptors (Lipinski definition) is 5. The van der Waals surface area contributed by atoms with Gasteiger partial charge in [-0.05, 0) is 38.2 Å². The van der Waals surface area contributed by atoms with Crippen LogP contribution in [-0.2, 0) is 4.79 Å². The first-order chi connectivity index (χ1) is 13.4. The zero-order chi connectivity index (χ0) is 20.3. The van der Waals surface area contributed by atoms with Crippen LogP contribution in [0.2, 0.25) is 0 Å². The van der Waals surface area contributed by atoms with Crippen LogP contribution in [0.15, 0.2) is 18.2 Å². The fraction of sp³-hybridized carbons (Fsp3) is 0.600. The summed E-state index contributed by atoms with van der Waals surface area (Å²) in [6.45, 7) is 2.70. The molecule has 152 valence electrons. The molecule has 0 aliphatic carbocycles. The number of rotatable bonds is 4. The molecule has 2 saturated heterocycles. The number of nitro groups is 1. The highest BCUT2D eigenvalue weighted by Gasteiger charge is 2.31. The highest BCUT2D eigenvalue weighted by molar-refractivity contribution is 6.00. The lowest BCUT2D eigenvalue weighted by Gasteiger charge is -2.34. The Labute approximate surface area is 165 Å². The van der Waals surface area contributed by atoms with Crippen LogP contribution in [0.4, 0.5) is 11.4 Å². The van der Waals surface area contributed by atoms with Crippen molar-refractivity contribution in [1.82, 2.24) is 9.80 Å². The lowest BCUT2D eigenvalue weighted by molar-refractivity contribution is -0.384. The van der Waals surface area contributed by atoms with Crippen LogP contribution in [0.25, 0.3) is 0 Å². The largest absolute Gasteiger partial charge is 0.371 e. The average Bonchev–Trinajstić information content (AvgIpc) is 2.73. The van der Waals surface area contributed by atoms with E-state index in [9.17, 15) is 19.7 Å². The number of non-ortho nitro benzene ring substituents is 1. The number of nitro benzene ring substituents is 1. The normalized spacial score (nSPS) is 18.1. The van der Waals surface area contributed by atoms with Gasteiger partial charge in [-0.1, -0.05) is 0 Å². The Balaban J connectivity index is 1.81. The van der Waals surface area contributed by atoms with Crippen molar-refractivity contribution in [3.05, 3.63) is 33.9 Å². The van der Waals surface area contributed by atoms with Gasteiger partial charge in [0.05, 0.1) is 16.2 Å². The van der Waals surface area contributed by atoms with Gasteiger partial charge < -0.3 is 14.7 Å². The van der Waals surface area contributed by atoms with E-state index in [1.165, 1.54) is 18.6 Å². The van der Waals surface area contributed by atoms with Gasteiger partial charge in [-0.2, -0.15) is 0 Å². The maximum atomic E-state index is 13.2. The minimum absolute atomic E-state index is 0.0641. The number of hydrogen-bond donors (Lipinski definition) is 0. The molecule has 3 rings (SSSR count). The summed E-state index contributed by atoms with van der Waals surface area (Å²) in [6.07, 6.45) is 4.53. The quantitative estimate of drug-likeness (QED) is 0.584. The fourth-order valence-corrected chi connectivity index (χ4v) is 4.08. The van der Waals surface area contributed by atoms with E-state index in [-0.39, 0.29) is 23.4 Å². The summed E-state index contributed by atoms with van der Waals surface area (Å²) >= 11 is 0. The Bertz CT molecular complexity index is 751. The summed E-state index contributed by atoms with van der Waals surface area (Å²) in [5.74, 6) is -0.151. The molecular weight excluding hydrogens is 360 g/mol. The van der Waals surface area contributed by atoms with Crippen molar-refractivity contribution in [2.45, 2.75) is 32.1 Å². The molecule has 0 atom stereocenters. The van der Waals surface area contributed by atoms with Crippen molar-refractivity contribution in [2.75, 3.05) is 45.2 Å². The first-order valence-electron chi connectivity index (χ1n) is 9.92. The van der Waals surface area contributed by atoms with Gasteiger partial charge in [-0.25, -0.2) is 0 Å². The Kier molecular flexibility index (Phi) is 6.16. The molecule has 2 fully saturated rings. The second kappa shape index (κ2) is 8.58. The Morgan fingerprint density at radius 1 is 1.07 bits per heavy atom. The van der Waals surface area contributed by atoms with E-state index in [0.717, 1.165) is 31.6 Å². The van der Waals surface area contributed by atoms with Gasteiger partial charge in [0.15, 0.2) is 0 Å². The Morgan fingerprint density at radius 3 is 2.29 bits per heavy atom. The minimum atomic E-state index is -0.460. The molecule has 8 heteroatoms. The van der Waals surface area contributed by atoms with Crippen molar-refractivity contribution in [3.8, 4) is 0 Å². The first-order valence-corrected chi connectivity index (χ1v) is 9.92. The van der Waals surface area contributed by atoms with Crippen LogP contribution in [0, 0.1) is 16.0 Å². The smallest absolute Gasteiger partial charge is 0.270 e. The predicted molar refractivity (Wildman–Crippen MR) is 106 cm³/mol. The van der Waals surface area contributed by atoms with Crippen molar-refractivity contribution in [2.24, 2.45) is 5.92 Å². The molecule has 2 heterocycles. The summed E-state index contributed by atoms with van der Waals surface area (Å²) in [5.41, 5.74) is 1.11. The van der Waals surface area contributed by atoms with Gasteiger partial charge in [0.25, 0.3) is 11.6 Å². The van der Waals surface area contributed by atoms with Crippen molar-refractivity contribution in [3.63, 3.8) is 0 Å². The molecule has 8 nitrogen and oxygen atoms in total. The lowest BCUT2D eigenvalue weighted by Crippen LogP contribution is -2.43. The second-order valence-corrected chi connectivity index (χ2v) is 7.81. The maximum Gasteiger partial charge on any atom is 0.270 e. The van der Waals surface area contributed by atoms with Crippen LogP contribution in [0.5, 0.6) is 0 Å². The van der Waals surface area contributed by atoms with Crippen LogP contribution in [-0.4, -0.2) is 66.8 Å². The van der Waals surface area contributed by atoms with Crippen molar-refractivity contribution < 1.29 is 14.5 Å². The summed E-state index contributed by atoms with van der Waals surface area (Å²) < 4.78 is 0. The molecule has 0 aromatic heterocycles. The number of carbonyl (C=O) groups excluding carboxylic acids is 2. The summed E-state index contributed by atoms with van der Waals surface area (Å²) in [4.78, 5) is 41.7. The Morgan fingerprint density at radius 2 is 1.71 bits per heavy atom. The van der Waals surface area contributed by atoms with Gasteiger partial charge in [-0.3, -0.25) is 19.7 Å². The monoisotopic (exact) mass is 388 g/mol. The van der Waals surface area contributed by atoms with E-state index >= 15 is 0 Å². The number of piperidine rings is 2. The average molecular weight is 388 g/mol. The first kappa shape index (κ1) is 20.1. The van der Waals surface area contributed by atoms with E-state index in [1.54, 1.807) is 30.0 Å². The van der Waals surface area contributed by atoms with Crippen LogP contribution in [0.1, 0.15) is 42.5 Å². The number of benzene rings is 1. The summed E-state index contributed by atoms with van der Waals surface area (Å²) in [6, 6.07) is 4.59.